The number of hydrazone groups is 1. The molecule has 0 unspecified atom stereocenters. The van der Waals surface area contributed by atoms with Gasteiger partial charge in [0.05, 0.1) is 18.8 Å². The van der Waals surface area contributed by atoms with Crippen LogP contribution in [0.3, 0.4) is 0 Å². The van der Waals surface area contributed by atoms with Crippen molar-refractivity contribution >= 4 is 22.8 Å². The molecule has 22 heavy (non-hydrogen) atoms. The number of aryl methyl sites for hydroxylation is 1. The second kappa shape index (κ2) is 4.69. The summed E-state index contributed by atoms with van der Waals surface area (Å²) in [5.74, 6) is 0.557. The number of aromatic nitrogens is 4. The third-order valence-electron chi connectivity index (χ3n) is 3.66. The minimum Gasteiger partial charge on any atom is -0.297 e. The van der Waals surface area contributed by atoms with E-state index in [9.17, 15) is 9.59 Å². The van der Waals surface area contributed by atoms with Gasteiger partial charge in [-0.2, -0.15) is 10.1 Å². The molecule has 2 aromatic heterocycles. The highest BCUT2D eigenvalue weighted by molar-refractivity contribution is 5.87. The molecule has 0 saturated carbocycles. The fourth-order valence-electron chi connectivity index (χ4n) is 2.65. The van der Waals surface area contributed by atoms with Crippen molar-refractivity contribution in [1.82, 2.24) is 18.7 Å². The van der Waals surface area contributed by atoms with Crippen LogP contribution in [0.1, 0.15) is 13.8 Å². The standard InChI is InChI=1S/C14H18N6O2/c1-8(2)6-20-13-15-11-10(19(13)7-9(3)16-20)12(21)18(5)14(22)17(11)4/h1,6-7H2,2-5H3. The predicted molar refractivity (Wildman–Crippen MR) is 85.5 cm³/mol. The van der Waals surface area contributed by atoms with Gasteiger partial charge in [0, 0.05) is 14.1 Å². The summed E-state index contributed by atoms with van der Waals surface area (Å²) in [7, 11) is 3.08. The van der Waals surface area contributed by atoms with E-state index in [1.165, 1.54) is 11.6 Å². The molecule has 0 radical (unpaired) electrons. The van der Waals surface area contributed by atoms with Gasteiger partial charge in [0.2, 0.25) is 5.95 Å². The van der Waals surface area contributed by atoms with E-state index in [0.717, 1.165) is 15.9 Å². The molecule has 0 aromatic carbocycles. The number of rotatable bonds is 2. The highest BCUT2D eigenvalue weighted by Gasteiger charge is 2.25. The summed E-state index contributed by atoms with van der Waals surface area (Å²) < 4.78 is 4.29. The monoisotopic (exact) mass is 302 g/mol. The Kier molecular flexibility index (Phi) is 3.05. The molecular formula is C14H18N6O2. The van der Waals surface area contributed by atoms with Crippen molar-refractivity contribution in [3.05, 3.63) is 33.0 Å². The lowest BCUT2D eigenvalue weighted by molar-refractivity contribution is 0.701. The first-order valence-electron chi connectivity index (χ1n) is 6.93. The Labute approximate surface area is 126 Å². The minimum absolute atomic E-state index is 0.346. The molecule has 0 spiro atoms. The van der Waals surface area contributed by atoms with Crippen LogP contribution in [0.25, 0.3) is 11.2 Å². The molecule has 0 fully saturated rings. The van der Waals surface area contributed by atoms with Gasteiger partial charge in [-0.15, -0.1) is 0 Å². The van der Waals surface area contributed by atoms with E-state index in [1.807, 2.05) is 18.4 Å². The van der Waals surface area contributed by atoms with E-state index >= 15 is 0 Å². The topological polar surface area (TPSA) is 77.4 Å². The van der Waals surface area contributed by atoms with Crippen molar-refractivity contribution in [3.8, 4) is 0 Å². The van der Waals surface area contributed by atoms with E-state index in [-0.39, 0.29) is 5.56 Å². The first-order chi connectivity index (χ1) is 10.3. The Morgan fingerprint density at radius 1 is 1.27 bits per heavy atom. The van der Waals surface area contributed by atoms with Crippen molar-refractivity contribution in [2.24, 2.45) is 19.2 Å². The highest BCUT2D eigenvalue weighted by atomic mass is 16.2. The molecule has 0 amide bonds. The van der Waals surface area contributed by atoms with Crippen LogP contribution < -0.4 is 16.3 Å². The maximum absolute atomic E-state index is 12.5. The van der Waals surface area contributed by atoms with E-state index in [0.29, 0.717) is 30.2 Å². The van der Waals surface area contributed by atoms with Gasteiger partial charge in [-0.1, -0.05) is 12.2 Å². The molecule has 1 aliphatic heterocycles. The minimum atomic E-state index is -0.392. The van der Waals surface area contributed by atoms with Crippen LogP contribution in [0, 0.1) is 0 Å². The van der Waals surface area contributed by atoms with Crippen molar-refractivity contribution < 1.29 is 0 Å². The van der Waals surface area contributed by atoms with Gasteiger partial charge >= 0.3 is 5.69 Å². The number of hydrogen-bond donors (Lipinski definition) is 0. The molecule has 8 heteroatoms. The fraction of sp³-hybridized carbons (Fsp3) is 0.429. The SMILES string of the molecule is C=C(C)CN1N=C(C)Cn2c1nc1c2c(=O)n(C)c(=O)n1C. The van der Waals surface area contributed by atoms with Gasteiger partial charge in [0.25, 0.3) is 5.56 Å². The molecule has 0 saturated heterocycles. The summed E-state index contributed by atoms with van der Waals surface area (Å²) in [6.07, 6.45) is 0. The van der Waals surface area contributed by atoms with Gasteiger partial charge < -0.3 is 0 Å². The predicted octanol–water partition coefficient (Wildman–Crippen LogP) is 0.206. The lowest BCUT2D eigenvalue weighted by atomic mass is 10.3. The summed E-state index contributed by atoms with van der Waals surface area (Å²) in [6.45, 7) is 8.68. The second-order valence-electron chi connectivity index (χ2n) is 5.73. The Morgan fingerprint density at radius 2 is 1.95 bits per heavy atom. The van der Waals surface area contributed by atoms with Crippen molar-refractivity contribution in [2.45, 2.75) is 20.4 Å². The smallest absolute Gasteiger partial charge is 0.297 e. The molecule has 116 valence electrons. The largest absolute Gasteiger partial charge is 0.332 e. The van der Waals surface area contributed by atoms with Crippen LogP contribution >= 0.6 is 0 Å². The Bertz CT molecular complexity index is 943. The Hall–Kier alpha value is -2.64. The van der Waals surface area contributed by atoms with E-state index in [1.54, 1.807) is 12.1 Å². The molecule has 0 bridgehead atoms. The highest BCUT2D eigenvalue weighted by Crippen LogP contribution is 2.23. The van der Waals surface area contributed by atoms with Crippen LogP contribution in [0.15, 0.2) is 26.8 Å². The molecule has 2 aromatic rings. The number of anilines is 1. The summed E-state index contributed by atoms with van der Waals surface area (Å²) >= 11 is 0. The molecule has 1 aliphatic rings. The normalized spacial score (nSPS) is 14.2. The van der Waals surface area contributed by atoms with E-state index < -0.39 is 5.69 Å². The quantitative estimate of drug-likeness (QED) is 0.743. The Balaban J connectivity index is 2.37. The number of fused-ring (bicyclic) bond motifs is 3. The zero-order valence-electron chi connectivity index (χ0n) is 13.1. The first-order valence-corrected chi connectivity index (χ1v) is 6.93. The molecule has 0 N–H and O–H groups in total. The lowest BCUT2D eigenvalue weighted by Gasteiger charge is -2.24. The van der Waals surface area contributed by atoms with Gasteiger partial charge in [0.15, 0.2) is 11.2 Å². The van der Waals surface area contributed by atoms with Crippen LogP contribution in [-0.4, -0.2) is 30.9 Å². The van der Waals surface area contributed by atoms with Crippen molar-refractivity contribution in [3.63, 3.8) is 0 Å². The maximum atomic E-state index is 12.5. The van der Waals surface area contributed by atoms with E-state index in [4.69, 9.17) is 0 Å². The van der Waals surface area contributed by atoms with Crippen LogP contribution in [0.2, 0.25) is 0 Å². The van der Waals surface area contributed by atoms with Crippen LogP contribution in [0.5, 0.6) is 0 Å². The molecule has 0 atom stereocenters. The fourth-order valence-corrected chi connectivity index (χ4v) is 2.65. The molecule has 3 heterocycles. The average Bonchev–Trinajstić information content (AvgIpc) is 2.81. The third kappa shape index (κ3) is 1.91. The van der Waals surface area contributed by atoms with Gasteiger partial charge in [-0.3, -0.25) is 18.5 Å². The molecular weight excluding hydrogens is 284 g/mol. The van der Waals surface area contributed by atoms with Gasteiger partial charge in [0.1, 0.15) is 0 Å². The summed E-state index contributed by atoms with van der Waals surface area (Å²) in [6, 6.07) is 0. The molecule has 0 aliphatic carbocycles. The summed E-state index contributed by atoms with van der Waals surface area (Å²) in [5, 5.41) is 6.19. The second-order valence-corrected chi connectivity index (χ2v) is 5.73. The van der Waals surface area contributed by atoms with Crippen molar-refractivity contribution in [1.29, 1.82) is 0 Å². The number of nitrogens with zero attached hydrogens (tertiary/aromatic N) is 6. The van der Waals surface area contributed by atoms with Crippen LogP contribution in [0.4, 0.5) is 5.95 Å². The zero-order valence-corrected chi connectivity index (χ0v) is 13.1. The van der Waals surface area contributed by atoms with E-state index in [2.05, 4.69) is 16.7 Å². The number of imidazole rings is 1. The summed E-state index contributed by atoms with van der Waals surface area (Å²) in [5.41, 5.74) is 1.85. The maximum Gasteiger partial charge on any atom is 0.332 e. The average molecular weight is 302 g/mol. The lowest BCUT2D eigenvalue weighted by Crippen LogP contribution is -2.38. The first kappa shape index (κ1) is 14.3. The van der Waals surface area contributed by atoms with Gasteiger partial charge in [-0.05, 0) is 13.8 Å². The third-order valence-corrected chi connectivity index (χ3v) is 3.66. The Morgan fingerprint density at radius 3 is 2.59 bits per heavy atom. The molecule has 8 nitrogen and oxygen atoms in total. The van der Waals surface area contributed by atoms with Gasteiger partial charge in [-0.25, -0.2) is 9.80 Å². The van der Waals surface area contributed by atoms with Crippen LogP contribution in [-0.2, 0) is 20.6 Å². The van der Waals surface area contributed by atoms with Crippen molar-refractivity contribution in [2.75, 3.05) is 11.6 Å². The molecule has 3 rings (SSSR count). The zero-order chi connectivity index (χ0) is 16.2. The number of hydrogen-bond acceptors (Lipinski definition) is 5. The summed E-state index contributed by atoms with van der Waals surface area (Å²) in [4.78, 5) is 29.0.